The maximum Gasteiger partial charge on any atom is 0.328 e. The summed E-state index contributed by atoms with van der Waals surface area (Å²) in [5.41, 5.74) is 1.33. The van der Waals surface area contributed by atoms with E-state index in [2.05, 4.69) is 36.6 Å². The highest BCUT2D eigenvalue weighted by Crippen LogP contribution is 2.28. The van der Waals surface area contributed by atoms with Crippen molar-refractivity contribution >= 4 is 33.9 Å². The first-order chi connectivity index (χ1) is 18.2. The minimum Gasteiger partial charge on any atom is -0.485 e. The molecule has 0 radical (unpaired) electrons. The van der Waals surface area contributed by atoms with E-state index in [9.17, 15) is 14.4 Å². The smallest absolute Gasteiger partial charge is 0.328 e. The maximum absolute atomic E-state index is 12.7. The van der Waals surface area contributed by atoms with Gasteiger partial charge < -0.3 is 20.1 Å². The summed E-state index contributed by atoms with van der Waals surface area (Å²) in [5, 5.41) is 8.47. The quantitative estimate of drug-likeness (QED) is 0.211. The van der Waals surface area contributed by atoms with E-state index in [1.54, 1.807) is 20.8 Å². The molecule has 8 nitrogen and oxygen atoms in total. The lowest BCUT2D eigenvalue weighted by atomic mass is 10.0. The number of pyridine rings is 1. The zero-order valence-electron chi connectivity index (χ0n) is 22.3. The first-order valence-electron chi connectivity index (χ1n) is 12.9. The van der Waals surface area contributed by atoms with E-state index < -0.39 is 22.9 Å². The summed E-state index contributed by atoms with van der Waals surface area (Å²) in [6.45, 7) is 9.66. The number of ether oxygens (including phenoxy) is 2. The molecule has 8 heteroatoms. The van der Waals surface area contributed by atoms with Crippen LogP contribution in [0.1, 0.15) is 51.8 Å². The predicted octanol–water partition coefficient (Wildman–Crippen LogP) is 5.07. The molecule has 0 aliphatic heterocycles. The van der Waals surface area contributed by atoms with Gasteiger partial charge >= 0.3 is 5.97 Å². The molecule has 1 heterocycles. The molecule has 0 unspecified atom stereocenters. The van der Waals surface area contributed by atoms with Crippen molar-refractivity contribution in [2.45, 2.75) is 59.1 Å². The van der Waals surface area contributed by atoms with Crippen LogP contribution in [0.25, 0.3) is 10.8 Å². The number of esters is 1. The molecule has 1 aromatic heterocycles. The van der Waals surface area contributed by atoms with Crippen molar-refractivity contribution in [3.8, 4) is 5.75 Å². The molecular weight excluding hydrogens is 482 g/mol. The number of carbonyl (C=O) groups is 1. The Morgan fingerprint density at radius 1 is 0.974 bits per heavy atom. The molecule has 2 N–H and O–H groups in total. The normalized spacial score (nSPS) is 12.2. The molecule has 1 atom stereocenters. The Morgan fingerprint density at radius 3 is 2.34 bits per heavy atom. The number of aromatic nitrogens is 1. The number of rotatable bonds is 11. The molecule has 0 bridgehead atoms. The molecule has 198 valence electrons. The molecule has 0 spiro atoms. The highest BCUT2D eigenvalue weighted by molar-refractivity contribution is 5.93. The van der Waals surface area contributed by atoms with Crippen LogP contribution in [-0.2, 0) is 16.0 Å². The van der Waals surface area contributed by atoms with Gasteiger partial charge in [0.05, 0.1) is 12.7 Å². The molecule has 0 aliphatic rings. The number of carbonyl (C=O) groups excluding carboxylic acids is 1. The van der Waals surface area contributed by atoms with Crippen LogP contribution in [0.2, 0.25) is 0 Å². The van der Waals surface area contributed by atoms with E-state index in [-0.39, 0.29) is 36.5 Å². The second-order valence-corrected chi connectivity index (χ2v) is 9.78. The topological polar surface area (TPSA) is 107 Å². The van der Waals surface area contributed by atoms with Crippen LogP contribution in [0.5, 0.6) is 5.75 Å². The monoisotopic (exact) mass is 515 g/mol. The standard InChI is InChI=1S/C30H33N3O5/c1-6-37-30(36)24(32-25-26(34)27(35)28(25)38-18(4)5)15-19-11-13-21(14-12-19)31-29-22-10-8-7-9-20(22)16-23(33-29)17(2)3/h7-14,16-18,24,32H,6,15H2,1-5H3,(H,31,33)/t24-/m0/s1. The molecule has 4 rings (SSSR count). The summed E-state index contributed by atoms with van der Waals surface area (Å²) < 4.78 is 10.7. The van der Waals surface area contributed by atoms with Crippen molar-refractivity contribution < 1.29 is 14.3 Å². The second kappa shape index (κ2) is 11.5. The minimum atomic E-state index is -0.861. The number of nitrogens with zero attached hydrogens (tertiary/aromatic N) is 1. The fraction of sp³-hybridized carbons (Fsp3) is 0.333. The van der Waals surface area contributed by atoms with Gasteiger partial charge in [0.15, 0.2) is 5.75 Å². The average Bonchev–Trinajstić information content (AvgIpc) is 2.90. The fourth-order valence-corrected chi connectivity index (χ4v) is 4.17. The largest absolute Gasteiger partial charge is 0.485 e. The lowest BCUT2D eigenvalue weighted by molar-refractivity contribution is -0.144. The molecule has 0 aliphatic carbocycles. The van der Waals surface area contributed by atoms with Crippen LogP contribution < -0.4 is 26.2 Å². The third-order valence-electron chi connectivity index (χ3n) is 6.12. The molecular formula is C30H33N3O5. The van der Waals surface area contributed by atoms with Gasteiger partial charge in [-0.15, -0.1) is 0 Å². The number of nitrogens with one attached hydrogen (secondary N) is 2. The first kappa shape index (κ1) is 26.9. The van der Waals surface area contributed by atoms with Crippen molar-refractivity contribution in [3.63, 3.8) is 0 Å². The number of benzene rings is 2. The number of hydrogen-bond donors (Lipinski definition) is 2. The zero-order chi connectivity index (χ0) is 27.4. The highest BCUT2D eigenvalue weighted by atomic mass is 16.5. The van der Waals surface area contributed by atoms with Crippen LogP contribution in [0.4, 0.5) is 17.2 Å². The lowest BCUT2D eigenvalue weighted by Crippen LogP contribution is -2.42. The molecule has 4 aromatic rings. The van der Waals surface area contributed by atoms with Gasteiger partial charge in [0.1, 0.15) is 17.5 Å². The second-order valence-electron chi connectivity index (χ2n) is 9.78. The molecule has 0 saturated heterocycles. The summed E-state index contributed by atoms with van der Waals surface area (Å²) in [6.07, 6.45) is -0.0314. The van der Waals surface area contributed by atoms with Gasteiger partial charge in [-0.25, -0.2) is 9.78 Å². The van der Waals surface area contributed by atoms with E-state index in [1.807, 2.05) is 42.5 Å². The van der Waals surface area contributed by atoms with Gasteiger partial charge in [0, 0.05) is 23.2 Å². The number of anilines is 3. The molecule has 0 amide bonds. The first-order valence-corrected chi connectivity index (χ1v) is 12.9. The van der Waals surface area contributed by atoms with Crippen molar-refractivity contribution in [3.05, 3.63) is 86.3 Å². The van der Waals surface area contributed by atoms with Gasteiger partial charge in [-0.3, -0.25) is 9.59 Å². The van der Waals surface area contributed by atoms with Gasteiger partial charge in [-0.05, 0) is 55.8 Å². The Kier molecular flexibility index (Phi) is 8.10. The number of hydrogen-bond acceptors (Lipinski definition) is 8. The van der Waals surface area contributed by atoms with Crippen molar-refractivity contribution in [1.82, 2.24) is 4.98 Å². The van der Waals surface area contributed by atoms with Crippen LogP contribution >= 0.6 is 0 Å². The summed E-state index contributed by atoms with van der Waals surface area (Å²) in [6, 6.07) is 17.0. The summed E-state index contributed by atoms with van der Waals surface area (Å²) >= 11 is 0. The third kappa shape index (κ3) is 5.85. The highest BCUT2D eigenvalue weighted by Gasteiger charge is 2.29. The Morgan fingerprint density at radius 2 is 1.68 bits per heavy atom. The number of fused-ring (bicyclic) bond motifs is 1. The van der Waals surface area contributed by atoms with Crippen LogP contribution in [0.15, 0.2) is 64.2 Å². The lowest BCUT2D eigenvalue weighted by Gasteiger charge is -2.22. The maximum atomic E-state index is 12.7. The molecule has 3 aromatic carbocycles. The van der Waals surface area contributed by atoms with E-state index in [1.165, 1.54) is 0 Å². The van der Waals surface area contributed by atoms with Gasteiger partial charge in [-0.1, -0.05) is 50.2 Å². The minimum absolute atomic E-state index is 0.0167. The SMILES string of the molecule is CCOC(=O)[C@H](Cc1ccc(Nc2nc(C(C)C)cc3ccccc23)cc1)Nc1c(OC(C)C)c(=O)c1=O. The van der Waals surface area contributed by atoms with Crippen LogP contribution in [-0.4, -0.2) is 29.7 Å². The third-order valence-corrected chi connectivity index (χ3v) is 6.12. The van der Waals surface area contributed by atoms with E-state index in [4.69, 9.17) is 14.5 Å². The van der Waals surface area contributed by atoms with Crippen molar-refractivity contribution in [2.75, 3.05) is 17.2 Å². The average molecular weight is 516 g/mol. The van der Waals surface area contributed by atoms with Crippen LogP contribution in [0.3, 0.4) is 0 Å². The Labute approximate surface area is 221 Å². The van der Waals surface area contributed by atoms with Crippen LogP contribution in [0, 0.1) is 0 Å². The van der Waals surface area contributed by atoms with Crippen molar-refractivity contribution in [2.24, 2.45) is 0 Å². The molecule has 0 fully saturated rings. The summed E-state index contributed by atoms with van der Waals surface area (Å²) in [5.74, 6) is 0.513. The zero-order valence-corrected chi connectivity index (χ0v) is 22.3. The molecule has 38 heavy (non-hydrogen) atoms. The van der Waals surface area contributed by atoms with Gasteiger partial charge in [0.2, 0.25) is 0 Å². The summed E-state index contributed by atoms with van der Waals surface area (Å²) in [4.78, 5) is 41.7. The predicted molar refractivity (Wildman–Crippen MR) is 150 cm³/mol. The van der Waals surface area contributed by atoms with Gasteiger partial charge in [-0.2, -0.15) is 0 Å². The van der Waals surface area contributed by atoms with Crippen molar-refractivity contribution in [1.29, 1.82) is 0 Å². The summed E-state index contributed by atoms with van der Waals surface area (Å²) in [7, 11) is 0. The Hall–Kier alpha value is -4.20. The van der Waals surface area contributed by atoms with Gasteiger partial charge in [0.25, 0.3) is 10.9 Å². The van der Waals surface area contributed by atoms with E-state index in [0.717, 1.165) is 33.5 Å². The molecule has 0 saturated carbocycles. The van der Waals surface area contributed by atoms with E-state index >= 15 is 0 Å². The Bertz CT molecular complexity index is 1500. The fourth-order valence-electron chi connectivity index (χ4n) is 4.17. The Balaban J connectivity index is 1.55. The van der Waals surface area contributed by atoms with E-state index in [0.29, 0.717) is 0 Å².